The van der Waals surface area contributed by atoms with Crippen LogP contribution in [0, 0.1) is 12.7 Å². The first kappa shape index (κ1) is 18.4. The minimum absolute atomic E-state index is 0.152. The van der Waals surface area contributed by atoms with E-state index in [0.717, 1.165) is 0 Å². The fourth-order valence-corrected chi connectivity index (χ4v) is 2.31. The van der Waals surface area contributed by atoms with Crippen molar-refractivity contribution >= 4 is 17.6 Å². The highest BCUT2D eigenvalue weighted by atomic mass is 19.1. The van der Waals surface area contributed by atoms with E-state index in [0.29, 0.717) is 16.9 Å². The summed E-state index contributed by atoms with van der Waals surface area (Å²) in [4.78, 5) is 30.0. The van der Waals surface area contributed by atoms with Crippen molar-refractivity contribution in [2.45, 2.75) is 13.8 Å². The molecule has 6 nitrogen and oxygen atoms in total. The van der Waals surface area contributed by atoms with Crippen molar-refractivity contribution in [3.05, 3.63) is 53.1 Å². The highest BCUT2D eigenvalue weighted by molar-refractivity contribution is 6.05. The number of aromatic nitrogens is 1. The highest BCUT2D eigenvalue weighted by Crippen LogP contribution is 2.29. The first-order valence-corrected chi connectivity index (χ1v) is 7.65. The number of methoxy groups -OCH3 is 1. The second-order valence-corrected chi connectivity index (χ2v) is 5.23. The van der Waals surface area contributed by atoms with Crippen LogP contribution in [0.3, 0.4) is 0 Å². The van der Waals surface area contributed by atoms with E-state index in [9.17, 15) is 14.0 Å². The molecule has 25 heavy (non-hydrogen) atoms. The summed E-state index contributed by atoms with van der Waals surface area (Å²) in [7, 11) is 2.93. The van der Waals surface area contributed by atoms with Crippen molar-refractivity contribution < 1.29 is 23.5 Å². The number of esters is 1. The van der Waals surface area contributed by atoms with Crippen molar-refractivity contribution in [1.29, 1.82) is 0 Å². The summed E-state index contributed by atoms with van der Waals surface area (Å²) in [6.07, 6.45) is 0. The van der Waals surface area contributed by atoms with E-state index in [1.807, 2.05) is 0 Å². The van der Waals surface area contributed by atoms with Crippen LogP contribution in [0.5, 0.6) is 5.75 Å². The molecule has 0 saturated heterocycles. The Morgan fingerprint density at radius 1 is 1.24 bits per heavy atom. The van der Waals surface area contributed by atoms with Crippen molar-refractivity contribution in [2.75, 3.05) is 25.7 Å². The van der Waals surface area contributed by atoms with Crippen LogP contribution in [-0.2, 0) is 4.74 Å². The zero-order valence-electron chi connectivity index (χ0n) is 14.5. The molecule has 0 aliphatic rings. The molecule has 0 aliphatic carbocycles. The van der Waals surface area contributed by atoms with Gasteiger partial charge in [0, 0.05) is 13.1 Å². The Hall–Kier alpha value is -2.96. The Morgan fingerprint density at radius 3 is 2.56 bits per heavy atom. The van der Waals surface area contributed by atoms with Crippen LogP contribution in [0.25, 0.3) is 0 Å². The lowest BCUT2D eigenvalue weighted by Gasteiger charge is -2.20. The predicted molar refractivity (Wildman–Crippen MR) is 90.6 cm³/mol. The molecule has 2 aromatic rings. The predicted octanol–water partition coefficient (Wildman–Crippen LogP) is 2.99. The Morgan fingerprint density at radius 2 is 1.96 bits per heavy atom. The van der Waals surface area contributed by atoms with Gasteiger partial charge in [0.1, 0.15) is 17.3 Å². The molecule has 0 spiro atoms. The fourth-order valence-electron chi connectivity index (χ4n) is 2.31. The zero-order valence-corrected chi connectivity index (χ0v) is 14.5. The molecule has 1 heterocycles. The quantitative estimate of drug-likeness (QED) is 0.779. The SMILES string of the molecule is CCOC(=O)c1ccc(C(=O)N(C)c2ccc(F)cc2OC)nc1C. The number of nitrogens with zero attached hydrogens (tertiary/aromatic N) is 2. The maximum absolute atomic E-state index is 13.3. The van der Waals surface area contributed by atoms with Crippen molar-refractivity contribution in [2.24, 2.45) is 0 Å². The van der Waals surface area contributed by atoms with Gasteiger partial charge in [-0.05, 0) is 38.1 Å². The van der Waals surface area contributed by atoms with Crippen LogP contribution in [0.4, 0.5) is 10.1 Å². The number of anilines is 1. The Balaban J connectivity index is 2.31. The van der Waals surface area contributed by atoms with Crippen LogP contribution in [0.2, 0.25) is 0 Å². The summed E-state index contributed by atoms with van der Waals surface area (Å²) in [5.74, 6) is -1.13. The van der Waals surface area contributed by atoms with Gasteiger partial charge in [0.05, 0.1) is 30.7 Å². The van der Waals surface area contributed by atoms with E-state index in [1.54, 1.807) is 13.8 Å². The molecule has 0 fully saturated rings. The average molecular weight is 346 g/mol. The summed E-state index contributed by atoms with van der Waals surface area (Å²) < 4.78 is 23.4. The number of carbonyl (C=O) groups excluding carboxylic acids is 2. The second kappa shape index (κ2) is 7.74. The molecule has 132 valence electrons. The molecule has 0 unspecified atom stereocenters. The van der Waals surface area contributed by atoms with Gasteiger partial charge in [-0.25, -0.2) is 14.2 Å². The van der Waals surface area contributed by atoms with E-state index in [-0.39, 0.29) is 18.1 Å². The van der Waals surface area contributed by atoms with Gasteiger partial charge in [0.15, 0.2) is 0 Å². The third-order valence-electron chi connectivity index (χ3n) is 3.61. The monoisotopic (exact) mass is 346 g/mol. The van der Waals surface area contributed by atoms with Gasteiger partial charge in [-0.2, -0.15) is 0 Å². The van der Waals surface area contributed by atoms with Crippen molar-refractivity contribution in [1.82, 2.24) is 4.98 Å². The zero-order chi connectivity index (χ0) is 18.6. The van der Waals surface area contributed by atoms with Crippen LogP contribution in [-0.4, -0.2) is 37.6 Å². The summed E-state index contributed by atoms with van der Waals surface area (Å²) in [5, 5.41) is 0. The molecular weight excluding hydrogens is 327 g/mol. The number of benzene rings is 1. The maximum atomic E-state index is 13.3. The molecule has 2 rings (SSSR count). The largest absolute Gasteiger partial charge is 0.494 e. The molecule has 7 heteroatoms. The lowest BCUT2D eigenvalue weighted by molar-refractivity contribution is 0.0524. The third-order valence-corrected chi connectivity index (χ3v) is 3.61. The first-order valence-electron chi connectivity index (χ1n) is 7.65. The molecular formula is C18H19FN2O4. The summed E-state index contributed by atoms with van der Waals surface area (Å²) in [6.45, 7) is 3.59. The lowest BCUT2D eigenvalue weighted by atomic mass is 10.1. The van der Waals surface area contributed by atoms with Gasteiger partial charge < -0.3 is 14.4 Å². The Kier molecular flexibility index (Phi) is 5.69. The number of pyridine rings is 1. The average Bonchev–Trinajstić information content (AvgIpc) is 2.60. The second-order valence-electron chi connectivity index (χ2n) is 5.23. The Labute approximate surface area is 145 Å². The molecule has 0 N–H and O–H groups in total. The van der Waals surface area contributed by atoms with Gasteiger partial charge in [-0.3, -0.25) is 4.79 Å². The van der Waals surface area contributed by atoms with E-state index in [4.69, 9.17) is 9.47 Å². The number of halogens is 1. The van der Waals surface area contributed by atoms with Crippen molar-refractivity contribution in [3.63, 3.8) is 0 Å². The molecule has 0 atom stereocenters. The normalized spacial score (nSPS) is 10.3. The highest BCUT2D eigenvalue weighted by Gasteiger charge is 2.20. The van der Waals surface area contributed by atoms with Gasteiger partial charge in [0.25, 0.3) is 5.91 Å². The molecule has 0 saturated carbocycles. The van der Waals surface area contributed by atoms with E-state index in [2.05, 4.69) is 4.98 Å². The summed E-state index contributed by atoms with van der Waals surface area (Å²) in [5.41, 5.74) is 1.26. The lowest BCUT2D eigenvalue weighted by Crippen LogP contribution is -2.28. The van der Waals surface area contributed by atoms with Gasteiger partial charge in [-0.15, -0.1) is 0 Å². The van der Waals surface area contributed by atoms with Crippen LogP contribution < -0.4 is 9.64 Å². The minimum atomic E-state index is -0.486. The molecule has 1 amide bonds. The third kappa shape index (κ3) is 3.93. The number of aryl methyl sites for hydroxylation is 1. The maximum Gasteiger partial charge on any atom is 0.339 e. The molecule has 0 aliphatic heterocycles. The smallest absolute Gasteiger partial charge is 0.339 e. The van der Waals surface area contributed by atoms with Crippen molar-refractivity contribution in [3.8, 4) is 5.75 Å². The number of rotatable bonds is 5. The number of hydrogen-bond acceptors (Lipinski definition) is 5. The molecule has 1 aromatic carbocycles. The number of hydrogen-bond donors (Lipinski definition) is 0. The van der Waals surface area contributed by atoms with Crippen LogP contribution in [0.15, 0.2) is 30.3 Å². The van der Waals surface area contributed by atoms with Crippen LogP contribution in [0.1, 0.15) is 33.5 Å². The topological polar surface area (TPSA) is 68.7 Å². The van der Waals surface area contributed by atoms with Crippen LogP contribution >= 0.6 is 0 Å². The molecule has 0 bridgehead atoms. The van der Waals surface area contributed by atoms with Gasteiger partial charge in [0.2, 0.25) is 0 Å². The van der Waals surface area contributed by atoms with E-state index < -0.39 is 17.7 Å². The Bertz CT molecular complexity index is 808. The number of amides is 1. The van der Waals surface area contributed by atoms with E-state index >= 15 is 0 Å². The summed E-state index contributed by atoms with van der Waals surface area (Å²) >= 11 is 0. The minimum Gasteiger partial charge on any atom is -0.494 e. The fraction of sp³-hybridized carbons (Fsp3) is 0.278. The first-order chi connectivity index (χ1) is 11.9. The van der Waals surface area contributed by atoms with Gasteiger partial charge in [-0.1, -0.05) is 0 Å². The molecule has 1 aromatic heterocycles. The summed E-state index contributed by atoms with van der Waals surface area (Å²) in [6, 6.07) is 6.84. The number of carbonyl (C=O) groups is 2. The number of ether oxygens (including phenoxy) is 2. The van der Waals surface area contributed by atoms with E-state index in [1.165, 1.54) is 49.4 Å². The molecule has 0 radical (unpaired) electrons. The van der Waals surface area contributed by atoms with Gasteiger partial charge >= 0.3 is 5.97 Å². The standard InChI is InChI=1S/C18H19FN2O4/c1-5-25-18(23)13-7-8-14(20-11(13)2)17(22)21(3)15-9-6-12(19)10-16(15)24-4/h6-10H,5H2,1-4H3.